The Hall–Kier alpha value is -2.67. The number of anilines is 1. The van der Waals surface area contributed by atoms with Crippen LogP contribution in [0.4, 0.5) is 5.69 Å². The molecule has 7 heteroatoms. The van der Waals surface area contributed by atoms with Gasteiger partial charge in [0.05, 0.1) is 11.6 Å². The van der Waals surface area contributed by atoms with Gasteiger partial charge in [0.25, 0.3) is 0 Å². The molecule has 3 aliphatic rings. The van der Waals surface area contributed by atoms with Gasteiger partial charge in [-0.05, 0) is 63.1 Å². The Balaban J connectivity index is 1.56. The lowest BCUT2D eigenvalue weighted by atomic mass is 10.00. The van der Waals surface area contributed by atoms with Crippen molar-refractivity contribution in [3.63, 3.8) is 0 Å². The molecule has 38 heavy (non-hydrogen) atoms. The van der Waals surface area contributed by atoms with Crippen LogP contribution in [0.5, 0.6) is 0 Å². The Kier molecular flexibility index (Phi) is 8.51. The maximum Gasteiger partial charge on any atom is 0.243 e. The van der Waals surface area contributed by atoms with Crippen molar-refractivity contribution in [1.82, 2.24) is 9.47 Å². The van der Waals surface area contributed by atoms with Gasteiger partial charge in [0.1, 0.15) is 12.6 Å². The largest absolute Gasteiger partial charge is 0.376 e. The Bertz CT molecular complexity index is 1180. The van der Waals surface area contributed by atoms with Crippen molar-refractivity contribution in [1.29, 1.82) is 0 Å². The minimum atomic E-state index is -0.515. The molecule has 2 bridgehead atoms. The van der Waals surface area contributed by atoms with Crippen LogP contribution in [0.3, 0.4) is 0 Å². The SMILES string of the molecule is CCC(=O)[C@@H]1[C@H]2CCN1C(=O)Cn1cc(C(C)=O)c3cc(N4CCCC4)cc(c31)CCCCCCCCO2. The smallest absolute Gasteiger partial charge is 0.243 e. The van der Waals surface area contributed by atoms with Gasteiger partial charge in [-0.3, -0.25) is 14.4 Å². The first-order chi connectivity index (χ1) is 18.5. The summed E-state index contributed by atoms with van der Waals surface area (Å²) in [6.07, 6.45) is 12.8. The molecule has 0 spiro atoms. The van der Waals surface area contributed by atoms with E-state index in [0.717, 1.165) is 49.7 Å². The van der Waals surface area contributed by atoms with Gasteiger partial charge in [0.15, 0.2) is 11.6 Å². The minimum absolute atomic E-state index is 0.0153. The molecule has 2 fully saturated rings. The highest BCUT2D eigenvalue weighted by atomic mass is 16.5. The topological polar surface area (TPSA) is 71.9 Å². The quantitative estimate of drug-likeness (QED) is 0.510. The monoisotopic (exact) mass is 521 g/mol. The molecule has 4 heterocycles. The first kappa shape index (κ1) is 26.9. The van der Waals surface area contributed by atoms with Crippen molar-refractivity contribution in [2.24, 2.45) is 0 Å². The lowest BCUT2D eigenvalue weighted by Crippen LogP contribution is -2.46. The molecule has 3 aliphatic heterocycles. The average Bonchev–Trinajstić information content (AvgIpc) is 3.66. The molecule has 1 aromatic carbocycles. The molecule has 1 amide bonds. The number of nitrogens with zero attached hydrogens (tertiary/aromatic N) is 3. The maximum atomic E-state index is 13.8. The van der Waals surface area contributed by atoms with Gasteiger partial charge < -0.3 is 19.1 Å². The number of amides is 1. The number of carbonyl (C=O) groups excluding carboxylic acids is 3. The Labute approximate surface area is 226 Å². The molecular formula is C31H43N3O4. The summed E-state index contributed by atoms with van der Waals surface area (Å²) in [5.41, 5.74) is 4.09. The molecule has 2 aromatic rings. The van der Waals surface area contributed by atoms with Crippen LogP contribution in [0.1, 0.15) is 94.0 Å². The van der Waals surface area contributed by atoms with E-state index in [-0.39, 0.29) is 30.1 Å². The molecule has 2 saturated heterocycles. The highest BCUT2D eigenvalue weighted by Crippen LogP contribution is 2.34. The summed E-state index contributed by atoms with van der Waals surface area (Å²) in [5, 5.41) is 0.950. The highest BCUT2D eigenvalue weighted by Gasteiger charge is 2.41. The predicted octanol–water partition coefficient (Wildman–Crippen LogP) is 5.31. The van der Waals surface area contributed by atoms with Crippen LogP contribution >= 0.6 is 0 Å². The number of ketones is 2. The normalized spacial score (nSPS) is 23.7. The molecule has 0 N–H and O–H groups in total. The summed E-state index contributed by atoms with van der Waals surface area (Å²) in [6, 6.07) is 3.95. The van der Waals surface area contributed by atoms with Gasteiger partial charge in [-0.1, -0.05) is 32.6 Å². The minimum Gasteiger partial charge on any atom is -0.376 e. The van der Waals surface area contributed by atoms with Crippen LogP contribution in [0.25, 0.3) is 10.9 Å². The lowest BCUT2D eigenvalue weighted by Gasteiger charge is -2.27. The van der Waals surface area contributed by atoms with Crippen molar-refractivity contribution < 1.29 is 19.1 Å². The van der Waals surface area contributed by atoms with E-state index < -0.39 is 6.04 Å². The summed E-state index contributed by atoms with van der Waals surface area (Å²) in [7, 11) is 0. The fourth-order valence-corrected chi connectivity index (χ4v) is 6.67. The second-order valence-electron chi connectivity index (χ2n) is 11.3. The number of carbonyl (C=O) groups is 3. The fraction of sp³-hybridized carbons (Fsp3) is 0.645. The maximum absolute atomic E-state index is 13.8. The third kappa shape index (κ3) is 5.54. The van der Waals surface area contributed by atoms with Crippen LogP contribution in [-0.2, 0) is 27.3 Å². The average molecular weight is 522 g/mol. The molecule has 0 saturated carbocycles. The van der Waals surface area contributed by atoms with E-state index in [2.05, 4.69) is 17.0 Å². The van der Waals surface area contributed by atoms with E-state index in [1.165, 1.54) is 43.4 Å². The van der Waals surface area contributed by atoms with Gasteiger partial charge in [-0.25, -0.2) is 0 Å². The van der Waals surface area contributed by atoms with E-state index in [1.54, 1.807) is 11.8 Å². The summed E-state index contributed by atoms with van der Waals surface area (Å²) < 4.78 is 8.17. The summed E-state index contributed by atoms with van der Waals surface area (Å²) in [4.78, 5) is 43.7. The van der Waals surface area contributed by atoms with Gasteiger partial charge in [0, 0.05) is 55.5 Å². The number of aryl methyl sites for hydroxylation is 1. The molecule has 0 radical (unpaired) electrons. The van der Waals surface area contributed by atoms with Crippen LogP contribution in [-0.4, -0.2) is 65.3 Å². The lowest BCUT2D eigenvalue weighted by molar-refractivity contribution is -0.140. The van der Waals surface area contributed by atoms with Crippen molar-refractivity contribution in [3.05, 3.63) is 29.5 Å². The van der Waals surface area contributed by atoms with Crippen LogP contribution < -0.4 is 4.90 Å². The predicted molar refractivity (Wildman–Crippen MR) is 150 cm³/mol. The Morgan fingerprint density at radius 3 is 2.45 bits per heavy atom. The number of Topliss-reactive ketones (excluding diaryl/α,β-unsaturated/α-hetero) is 2. The summed E-state index contributed by atoms with van der Waals surface area (Å²) >= 11 is 0. The molecular weight excluding hydrogens is 478 g/mol. The zero-order chi connectivity index (χ0) is 26.6. The van der Waals surface area contributed by atoms with E-state index in [4.69, 9.17) is 4.74 Å². The highest BCUT2D eigenvalue weighted by molar-refractivity contribution is 6.09. The molecule has 5 rings (SSSR count). The molecule has 206 valence electrons. The molecule has 0 unspecified atom stereocenters. The Morgan fingerprint density at radius 2 is 1.71 bits per heavy atom. The van der Waals surface area contributed by atoms with E-state index in [1.807, 2.05) is 17.7 Å². The van der Waals surface area contributed by atoms with Gasteiger partial charge in [0.2, 0.25) is 5.91 Å². The third-order valence-corrected chi connectivity index (χ3v) is 8.71. The number of rotatable bonds is 4. The number of fused-ring (bicyclic) bond motifs is 2. The van der Waals surface area contributed by atoms with Gasteiger partial charge in [-0.15, -0.1) is 0 Å². The van der Waals surface area contributed by atoms with E-state index in [0.29, 0.717) is 31.6 Å². The van der Waals surface area contributed by atoms with Gasteiger partial charge in [-0.2, -0.15) is 0 Å². The molecule has 1 aromatic heterocycles. The van der Waals surface area contributed by atoms with Crippen molar-refractivity contribution >= 4 is 34.1 Å². The van der Waals surface area contributed by atoms with E-state index in [9.17, 15) is 14.4 Å². The zero-order valence-electron chi connectivity index (χ0n) is 23.2. The van der Waals surface area contributed by atoms with Crippen molar-refractivity contribution in [2.45, 2.75) is 103 Å². The molecule has 0 aliphatic carbocycles. The number of ether oxygens (including phenoxy) is 1. The first-order valence-corrected chi connectivity index (χ1v) is 14.8. The van der Waals surface area contributed by atoms with Crippen LogP contribution in [0.2, 0.25) is 0 Å². The third-order valence-electron chi connectivity index (χ3n) is 8.71. The van der Waals surface area contributed by atoms with E-state index >= 15 is 0 Å². The number of benzene rings is 1. The molecule has 7 nitrogen and oxygen atoms in total. The standard InChI is InChI=1S/C31H43N3O4/c1-3-27(36)31-28-13-16-34(31)29(37)21-33-20-26(22(2)35)25-19-24(32-14-9-10-15-32)18-23(30(25)33)12-8-6-4-5-7-11-17-38-28/h18-20,28,31H,3-17,21H2,1-2H3/t28-,31-/m1/s1. The first-order valence-electron chi connectivity index (χ1n) is 14.8. The zero-order valence-corrected chi connectivity index (χ0v) is 23.2. The number of hydrogen-bond donors (Lipinski definition) is 0. The second kappa shape index (κ2) is 12.0. The fourth-order valence-electron chi connectivity index (χ4n) is 6.67. The second-order valence-corrected chi connectivity index (χ2v) is 11.3. The summed E-state index contributed by atoms with van der Waals surface area (Å²) in [5.74, 6) is 0.00632. The van der Waals surface area contributed by atoms with Crippen molar-refractivity contribution in [3.8, 4) is 0 Å². The van der Waals surface area contributed by atoms with Gasteiger partial charge >= 0.3 is 0 Å². The van der Waals surface area contributed by atoms with Crippen LogP contribution in [0.15, 0.2) is 18.3 Å². The molecule has 2 atom stereocenters. The summed E-state index contributed by atoms with van der Waals surface area (Å²) in [6.45, 7) is 6.86. The number of hydrogen-bond acceptors (Lipinski definition) is 5. The Morgan fingerprint density at radius 1 is 0.974 bits per heavy atom. The van der Waals surface area contributed by atoms with Crippen LogP contribution in [0, 0.1) is 0 Å². The number of aromatic nitrogens is 1. The van der Waals surface area contributed by atoms with Crippen molar-refractivity contribution in [2.75, 3.05) is 31.1 Å².